The van der Waals surface area contributed by atoms with Crippen LogP contribution in [0.2, 0.25) is 5.15 Å². The van der Waals surface area contributed by atoms with Crippen LogP contribution in [0.3, 0.4) is 0 Å². The van der Waals surface area contributed by atoms with Crippen molar-refractivity contribution >= 4 is 27.5 Å². The molecule has 0 atom stereocenters. The number of rotatable bonds is 8. The van der Waals surface area contributed by atoms with Crippen molar-refractivity contribution < 1.29 is 17.6 Å². The summed E-state index contributed by atoms with van der Waals surface area (Å²) in [6, 6.07) is 12.2. The van der Waals surface area contributed by atoms with Gasteiger partial charge in [0.05, 0.1) is 22.7 Å². The summed E-state index contributed by atoms with van der Waals surface area (Å²) in [6.07, 6.45) is 0. The summed E-state index contributed by atoms with van der Waals surface area (Å²) in [6.45, 7) is 5.78. The number of halogens is 2. The maximum absolute atomic E-state index is 13.1. The largest absolute Gasteiger partial charge is 0.348 e. The third kappa shape index (κ3) is 5.61. The van der Waals surface area contributed by atoms with Gasteiger partial charge in [0.2, 0.25) is 10.0 Å². The van der Waals surface area contributed by atoms with Crippen molar-refractivity contribution in [3.63, 3.8) is 0 Å². The van der Waals surface area contributed by atoms with E-state index in [1.807, 2.05) is 0 Å². The zero-order valence-corrected chi connectivity index (χ0v) is 20.4. The molecule has 0 saturated heterocycles. The predicted octanol–water partition coefficient (Wildman–Crippen LogP) is 3.99. The van der Waals surface area contributed by atoms with Crippen LogP contribution < -0.4 is 5.32 Å². The number of aryl methyl sites for hydroxylation is 1. The van der Waals surface area contributed by atoms with E-state index in [-0.39, 0.29) is 39.9 Å². The number of nitrogens with zero attached hydrogens (tertiary/aromatic N) is 3. The highest BCUT2D eigenvalue weighted by Gasteiger charge is 2.23. The van der Waals surface area contributed by atoms with Gasteiger partial charge in [-0.05, 0) is 56.2 Å². The molecule has 0 saturated carbocycles. The van der Waals surface area contributed by atoms with E-state index in [0.717, 1.165) is 11.1 Å². The van der Waals surface area contributed by atoms with Gasteiger partial charge in [-0.15, -0.1) is 0 Å². The van der Waals surface area contributed by atoms with E-state index in [0.29, 0.717) is 12.2 Å². The lowest BCUT2D eigenvalue weighted by Crippen LogP contribution is -2.33. The second-order valence-electron chi connectivity index (χ2n) is 7.98. The van der Waals surface area contributed by atoms with Crippen molar-refractivity contribution in [2.24, 2.45) is 0 Å². The number of nitrogens with one attached hydrogen (secondary N) is 1. The van der Waals surface area contributed by atoms with E-state index >= 15 is 0 Å². The standard InChI is InChI=1S/C23H26ClFN4O3S/c1-15(2)28(4)33(31,32)20-11-7-17(8-12-20)13-26-23(30)21-16(3)27-29(22(21)24)14-18-5-9-19(25)10-6-18/h5-12,15H,13-14H2,1-4H3,(H,26,30). The molecule has 0 fully saturated rings. The van der Waals surface area contributed by atoms with Gasteiger partial charge in [-0.1, -0.05) is 35.9 Å². The van der Waals surface area contributed by atoms with Gasteiger partial charge in [-0.2, -0.15) is 9.40 Å². The monoisotopic (exact) mass is 492 g/mol. The highest BCUT2D eigenvalue weighted by molar-refractivity contribution is 7.89. The fraction of sp³-hybridized carbons (Fsp3) is 0.304. The van der Waals surface area contributed by atoms with Gasteiger partial charge in [-0.3, -0.25) is 4.79 Å². The fourth-order valence-corrected chi connectivity index (χ4v) is 4.86. The molecular weight excluding hydrogens is 467 g/mol. The lowest BCUT2D eigenvalue weighted by molar-refractivity contribution is 0.0950. The molecular formula is C23H26ClFN4O3S. The van der Waals surface area contributed by atoms with E-state index in [9.17, 15) is 17.6 Å². The molecule has 1 amide bonds. The number of hydrogen-bond acceptors (Lipinski definition) is 4. The normalized spacial score (nSPS) is 11.9. The van der Waals surface area contributed by atoms with Crippen LogP contribution >= 0.6 is 11.6 Å². The molecule has 2 aromatic carbocycles. The van der Waals surface area contributed by atoms with E-state index in [4.69, 9.17) is 11.6 Å². The van der Waals surface area contributed by atoms with Crippen LogP contribution in [0.4, 0.5) is 4.39 Å². The number of sulfonamides is 1. The average molecular weight is 493 g/mol. The third-order valence-electron chi connectivity index (χ3n) is 5.32. The lowest BCUT2D eigenvalue weighted by atomic mass is 10.2. The summed E-state index contributed by atoms with van der Waals surface area (Å²) < 4.78 is 41.1. The quantitative estimate of drug-likeness (QED) is 0.515. The molecule has 10 heteroatoms. The molecule has 3 rings (SSSR count). The minimum atomic E-state index is -3.57. The number of aromatic nitrogens is 2. The highest BCUT2D eigenvalue weighted by Crippen LogP contribution is 2.22. The molecule has 1 heterocycles. The van der Waals surface area contributed by atoms with Crippen LogP contribution in [0.1, 0.15) is 41.0 Å². The Hall–Kier alpha value is -2.75. The Morgan fingerprint density at radius 1 is 1.12 bits per heavy atom. The highest BCUT2D eigenvalue weighted by atomic mass is 35.5. The van der Waals surface area contributed by atoms with Crippen LogP contribution in [0.15, 0.2) is 53.4 Å². The van der Waals surface area contributed by atoms with Gasteiger partial charge in [0.25, 0.3) is 5.91 Å². The first-order chi connectivity index (χ1) is 15.5. The van der Waals surface area contributed by atoms with Crippen molar-refractivity contribution in [2.45, 2.75) is 44.8 Å². The molecule has 0 aliphatic rings. The van der Waals surface area contributed by atoms with Gasteiger partial charge < -0.3 is 5.32 Å². The summed E-state index contributed by atoms with van der Waals surface area (Å²) in [5.41, 5.74) is 2.27. The molecule has 176 valence electrons. The number of hydrogen-bond donors (Lipinski definition) is 1. The molecule has 7 nitrogen and oxygen atoms in total. The van der Waals surface area contributed by atoms with Crippen LogP contribution in [0, 0.1) is 12.7 Å². The van der Waals surface area contributed by atoms with Crippen LogP contribution in [-0.4, -0.2) is 41.5 Å². The topological polar surface area (TPSA) is 84.3 Å². The Labute approximate surface area is 198 Å². The SMILES string of the molecule is Cc1nn(Cc2ccc(F)cc2)c(Cl)c1C(=O)NCc1ccc(S(=O)(=O)N(C)C(C)C)cc1. The molecule has 0 radical (unpaired) electrons. The van der Waals surface area contributed by atoms with Crippen molar-refractivity contribution in [1.29, 1.82) is 0 Å². The fourth-order valence-electron chi connectivity index (χ4n) is 3.17. The summed E-state index contributed by atoms with van der Waals surface area (Å²) in [7, 11) is -2.03. The van der Waals surface area contributed by atoms with Crippen LogP contribution in [0.5, 0.6) is 0 Å². The van der Waals surface area contributed by atoms with E-state index in [2.05, 4.69) is 10.4 Å². The maximum atomic E-state index is 13.1. The van der Waals surface area contributed by atoms with Gasteiger partial charge in [0.1, 0.15) is 11.0 Å². The Morgan fingerprint density at radius 2 is 1.70 bits per heavy atom. The first-order valence-corrected chi connectivity index (χ1v) is 12.1. The molecule has 0 aliphatic carbocycles. The maximum Gasteiger partial charge on any atom is 0.256 e. The smallest absolute Gasteiger partial charge is 0.256 e. The van der Waals surface area contributed by atoms with Crippen LogP contribution in [0.25, 0.3) is 0 Å². The predicted molar refractivity (Wildman–Crippen MR) is 125 cm³/mol. The molecule has 1 aromatic heterocycles. The first kappa shape index (κ1) is 24.9. The second kappa shape index (κ2) is 10.0. The average Bonchev–Trinajstić information content (AvgIpc) is 3.06. The third-order valence-corrected chi connectivity index (χ3v) is 7.75. The van der Waals surface area contributed by atoms with Gasteiger partial charge in [0, 0.05) is 19.6 Å². The Bertz CT molecular complexity index is 1240. The lowest BCUT2D eigenvalue weighted by Gasteiger charge is -2.21. The molecule has 1 N–H and O–H groups in total. The zero-order chi connectivity index (χ0) is 24.3. The minimum Gasteiger partial charge on any atom is -0.348 e. The summed E-state index contributed by atoms with van der Waals surface area (Å²) in [5, 5.41) is 7.31. The number of carbonyl (C=O) groups excluding carboxylic acids is 1. The van der Waals surface area contributed by atoms with Crippen LogP contribution in [-0.2, 0) is 23.1 Å². The van der Waals surface area contributed by atoms with Gasteiger partial charge >= 0.3 is 0 Å². The number of amides is 1. The summed E-state index contributed by atoms with van der Waals surface area (Å²) in [4.78, 5) is 12.9. The summed E-state index contributed by atoms with van der Waals surface area (Å²) in [5.74, 6) is -0.724. The molecule has 33 heavy (non-hydrogen) atoms. The van der Waals surface area contributed by atoms with E-state index < -0.39 is 10.0 Å². The van der Waals surface area contributed by atoms with Gasteiger partial charge in [0.15, 0.2) is 0 Å². The number of carbonyl (C=O) groups is 1. The molecule has 0 unspecified atom stereocenters. The van der Waals surface area contributed by atoms with Crippen molar-refractivity contribution in [2.75, 3.05) is 7.05 Å². The zero-order valence-electron chi connectivity index (χ0n) is 18.8. The van der Waals surface area contributed by atoms with E-state index in [1.165, 1.54) is 40.3 Å². The number of benzene rings is 2. The molecule has 0 spiro atoms. The molecule has 0 bridgehead atoms. The Kier molecular flexibility index (Phi) is 7.56. The molecule has 3 aromatic rings. The van der Waals surface area contributed by atoms with E-state index in [1.54, 1.807) is 45.0 Å². The van der Waals surface area contributed by atoms with Crippen molar-refractivity contribution in [1.82, 2.24) is 19.4 Å². The minimum absolute atomic E-state index is 0.161. The molecule has 0 aliphatic heterocycles. The Balaban J connectivity index is 1.69. The Morgan fingerprint density at radius 3 is 2.27 bits per heavy atom. The summed E-state index contributed by atoms with van der Waals surface area (Å²) >= 11 is 6.41. The second-order valence-corrected chi connectivity index (χ2v) is 10.3. The first-order valence-electron chi connectivity index (χ1n) is 10.3. The van der Waals surface area contributed by atoms with Crippen molar-refractivity contribution in [3.05, 3.63) is 81.9 Å². The van der Waals surface area contributed by atoms with Crippen molar-refractivity contribution in [3.8, 4) is 0 Å². The van der Waals surface area contributed by atoms with Gasteiger partial charge in [-0.25, -0.2) is 17.5 Å².